The van der Waals surface area contributed by atoms with E-state index in [9.17, 15) is 5.11 Å². The molecule has 0 spiro atoms. The Kier molecular flexibility index (Phi) is 5.15. The molecular formula is C20H25NO. The lowest BCUT2D eigenvalue weighted by Gasteiger charge is -2.22. The minimum atomic E-state index is -0.00996. The molecule has 2 heteroatoms. The summed E-state index contributed by atoms with van der Waals surface area (Å²) >= 11 is 0. The van der Waals surface area contributed by atoms with Crippen molar-refractivity contribution in [3.05, 3.63) is 59.4 Å². The average Bonchev–Trinajstić information content (AvgIpc) is 2.53. The Labute approximate surface area is 133 Å². The number of aromatic nitrogens is 1. The Bertz CT molecular complexity index is 657. The van der Waals surface area contributed by atoms with E-state index in [1.807, 2.05) is 24.3 Å². The maximum Gasteiger partial charge on any atom is 0.0706 e. The normalized spacial score (nSPS) is 11.2. The molecule has 2 nitrogen and oxygen atoms in total. The van der Waals surface area contributed by atoms with Gasteiger partial charge in [0.1, 0.15) is 0 Å². The summed E-state index contributed by atoms with van der Waals surface area (Å²) in [5.74, 6) is 0.571. The van der Waals surface area contributed by atoms with Gasteiger partial charge in [-0.1, -0.05) is 70.7 Å². The average molecular weight is 295 g/mol. The molecule has 0 unspecified atom stereocenters. The number of hydrogen-bond donors (Lipinski definition) is 1. The van der Waals surface area contributed by atoms with Crippen molar-refractivity contribution in [3.63, 3.8) is 0 Å². The number of aliphatic hydroxyl groups is 1. The zero-order valence-electron chi connectivity index (χ0n) is 13.9. The van der Waals surface area contributed by atoms with E-state index in [1.54, 1.807) is 0 Å². The van der Waals surface area contributed by atoms with Crippen LogP contribution in [0.4, 0.5) is 0 Å². The van der Waals surface area contributed by atoms with Gasteiger partial charge in [0.05, 0.1) is 12.3 Å². The summed E-state index contributed by atoms with van der Waals surface area (Å²) in [7, 11) is 0. The van der Waals surface area contributed by atoms with Crippen LogP contribution in [-0.2, 0) is 6.61 Å². The minimum absolute atomic E-state index is 0.00996. The molecule has 0 amide bonds. The molecule has 0 fully saturated rings. The van der Waals surface area contributed by atoms with Gasteiger partial charge in [-0.25, -0.2) is 0 Å². The summed E-state index contributed by atoms with van der Waals surface area (Å²) < 4.78 is 0. The van der Waals surface area contributed by atoms with Crippen LogP contribution in [0.25, 0.3) is 17.2 Å². The first-order chi connectivity index (χ1) is 10.5. The van der Waals surface area contributed by atoms with E-state index in [1.165, 1.54) is 0 Å². The second-order valence-corrected chi connectivity index (χ2v) is 6.19. The molecule has 2 rings (SSSR count). The Morgan fingerprint density at radius 2 is 1.64 bits per heavy atom. The fraction of sp³-hybridized carbons (Fsp3) is 0.350. The summed E-state index contributed by atoms with van der Waals surface area (Å²) in [4.78, 5) is 4.87. The highest BCUT2D eigenvalue weighted by Crippen LogP contribution is 2.36. The van der Waals surface area contributed by atoms with Gasteiger partial charge in [0, 0.05) is 16.8 Å². The van der Waals surface area contributed by atoms with Crippen molar-refractivity contribution in [2.75, 3.05) is 0 Å². The van der Waals surface area contributed by atoms with E-state index in [2.05, 4.69) is 46.4 Å². The molecule has 1 heterocycles. The molecule has 0 aliphatic heterocycles. The lowest BCUT2D eigenvalue weighted by atomic mass is 9.87. The summed E-state index contributed by atoms with van der Waals surface area (Å²) in [5, 5.41) is 9.98. The van der Waals surface area contributed by atoms with Crippen LogP contribution < -0.4 is 0 Å². The summed E-state index contributed by atoms with van der Waals surface area (Å²) in [6, 6.07) is 10.2. The van der Waals surface area contributed by atoms with E-state index >= 15 is 0 Å². The monoisotopic (exact) mass is 295 g/mol. The number of benzene rings is 1. The molecule has 0 aliphatic rings. The molecule has 0 aliphatic carbocycles. The topological polar surface area (TPSA) is 33.1 Å². The lowest BCUT2D eigenvalue weighted by molar-refractivity contribution is 0.280. The van der Waals surface area contributed by atoms with Crippen LogP contribution in [0.2, 0.25) is 0 Å². The number of aliphatic hydroxyl groups excluding tert-OH is 1. The summed E-state index contributed by atoms with van der Waals surface area (Å²) in [5.41, 5.74) is 6.16. The molecule has 22 heavy (non-hydrogen) atoms. The Morgan fingerprint density at radius 1 is 1.05 bits per heavy atom. The van der Waals surface area contributed by atoms with Gasteiger partial charge in [-0.3, -0.25) is 4.98 Å². The van der Waals surface area contributed by atoms with E-state index in [4.69, 9.17) is 4.98 Å². The van der Waals surface area contributed by atoms with Crippen molar-refractivity contribution >= 4 is 6.08 Å². The minimum Gasteiger partial charge on any atom is -0.392 e. The van der Waals surface area contributed by atoms with Crippen LogP contribution >= 0.6 is 0 Å². The molecule has 1 aromatic carbocycles. The molecule has 116 valence electrons. The van der Waals surface area contributed by atoms with Crippen LogP contribution in [0, 0.1) is 0 Å². The molecule has 2 aromatic rings. The molecule has 0 atom stereocenters. The third-order valence-corrected chi connectivity index (χ3v) is 3.92. The highest BCUT2D eigenvalue weighted by atomic mass is 16.3. The predicted molar refractivity (Wildman–Crippen MR) is 93.9 cm³/mol. The maximum absolute atomic E-state index is 9.98. The fourth-order valence-electron chi connectivity index (χ4n) is 2.90. The molecule has 1 N–H and O–H groups in total. The zero-order chi connectivity index (χ0) is 16.3. The maximum atomic E-state index is 9.98. The van der Waals surface area contributed by atoms with Crippen molar-refractivity contribution in [1.29, 1.82) is 0 Å². The van der Waals surface area contributed by atoms with Crippen LogP contribution in [0.15, 0.2) is 36.9 Å². The zero-order valence-corrected chi connectivity index (χ0v) is 13.9. The van der Waals surface area contributed by atoms with Crippen LogP contribution in [0.5, 0.6) is 0 Å². The number of pyridine rings is 1. The van der Waals surface area contributed by atoms with Crippen LogP contribution in [0.1, 0.15) is 62.0 Å². The van der Waals surface area contributed by atoms with Crippen molar-refractivity contribution < 1.29 is 5.11 Å². The van der Waals surface area contributed by atoms with Gasteiger partial charge in [0.2, 0.25) is 0 Å². The highest BCUT2D eigenvalue weighted by molar-refractivity contribution is 5.79. The lowest BCUT2D eigenvalue weighted by Crippen LogP contribution is -2.10. The quantitative estimate of drug-likeness (QED) is 0.829. The molecule has 1 aromatic heterocycles. The van der Waals surface area contributed by atoms with Crippen LogP contribution in [-0.4, -0.2) is 10.1 Å². The van der Waals surface area contributed by atoms with Gasteiger partial charge in [0.15, 0.2) is 0 Å². The third-order valence-electron chi connectivity index (χ3n) is 3.92. The standard InChI is InChI=1S/C20H25NO/c1-6-16-18(15-10-8-7-9-11-15)17(12-22)20(14(4)5)21-19(16)13(2)3/h6-11,13-14,22H,1,12H2,2-5H3. The molecule has 0 radical (unpaired) electrons. The van der Waals surface area contributed by atoms with Gasteiger partial charge in [-0.15, -0.1) is 0 Å². The predicted octanol–water partition coefficient (Wildman–Crippen LogP) is 5.13. The SMILES string of the molecule is C=Cc1c(C(C)C)nc(C(C)C)c(CO)c1-c1ccccc1. The molecule has 0 bridgehead atoms. The van der Waals surface area contributed by atoms with Crippen LogP contribution in [0.3, 0.4) is 0 Å². The van der Waals surface area contributed by atoms with E-state index < -0.39 is 0 Å². The summed E-state index contributed by atoms with van der Waals surface area (Å²) in [6.07, 6.45) is 1.87. The molecule has 0 saturated heterocycles. The van der Waals surface area contributed by atoms with Gasteiger partial charge in [0.25, 0.3) is 0 Å². The largest absolute Gasteiger partial charge is 0.392 e. The number of nitrogens with zero attached hydrogens (tertiary/aromatic N) is 1. The number of rotatable bonds is 5. The van der Waals surface area contributed by atoms with Gasteiger partial charge >= 0.3 is 0 Å². The Balaban J connectivity index is 2.90. The van der Waals surface area contributed by atoms with E-state index in [0.717, 1.165) is 33.6 Å². The first-order valence-electron chi connectivity index (χ1n) is 7.86. The van der Waals surface area contributed by atoms with Gasteiger partial charge in [-0.2, -0.15) is 0 Å². The van der Waals surface area contributed by atoms with Gasteiger partial charge < -0.3 is 5.11 Å². The Hall–Kier alpha value is -1.93. The first-order valence-corrected chi connectivity index (χ1v) is 7.86. The second kappa shape index (κ2) is 6.89. The van der Waals surface area contributed by atoms with Gasteiger partial charge in [-0.05, 0) is 23.0 Å². The fourth-order valence-corrected chi connectivity index (χ4v) is 2.90. The highest BCUT2D eigenvalue weighted by Gasteiger charge is 2.21. The molecular weight excluding hydrogens is 270 g/mol. The van der Waals surface area contributed by atoms with Crippen molar-refractivity contribution in [2.45, 2.75) is 46.1 Å². The third kappa shape index (κ3) is 2.97. The first kappa shape index (κ1) is 16.4. The van der Waals surface area contributed by atoms with Crippen molar-refractivity contribution in [3.8, 4) is 11.1 Å². The van der Waals surface area contributed by atoms with E-state index in [-0.39, 0.29) is 12.5 Å². The Morgan fingerprint density at radius 3 is 2.09 bits per heavy atom. The second-order valence-electron chi connectivity index (χ2n) is 6.19. The van der Waals surface area contributed by atoms with Crippen molar-refractivity contribution in [2.24, 2.45) is 0 Å². The number of hydrogen-bond acceptors (Lipinski definition) is 2. The van der Waals surface area contributed by atoms with E-state index in [0.29, 0.717) is 5.92 Å². The summed E-state index contributed by atoms with van der Waals surface area (Å²) in [6.45, 7) is 12.5. The van der Waals surface area contributed by atoms with Crippen molar-refractivity contribution in [1.82, 2.24) is 4.98 Å². The smallest absolute Gasteiger partial charge is 0.0706 e. The molecule has 0 saturated carbocycles.